The van der Waals surface area contributed by atoms with Gasteiger partial charge in [0, 0.05) is 12.6 Å². The quantitative estimate of drug-likeness (QED) is 0.706. The molecular formula is C15H28N2O3. The lowest BCUT2D eigenvalue weighted by Crippen LogP contribution is -2.49. The van der Waals surface area contributed by atoms with Gasteiger partial charge in [0.05, 0.1) is 0 Å². The molecule has 5 nitrogen and oxygen atoms in total. The van der Waals surface area contributed by atoms with Gasteiger partial charge in [-0.1, -0.05) is 39.5 Å². The van der Waals surface area contributed by atoms with E-state index in [1.54, 1.807) is 0 Å². The lowest BCUT2D eigenvalue weighted by atomic mass is 10.0. The van der Waals surface area contributed by atoms with E-state index in [2.05, 4.69) is 12.2 Å². The topological polar surface area (TPSA) is 69.6 Å². The summed E-state index contributed by atoms with van der Waals surface area (Å²) in [5, 5.41) is 12.1. The number of carbonyl (C=O) groups is 2. The Kier molecular flexibility index (Phi) is 6.82. The third-order valence-corrected chi connectivity index (χ3v) is 4.07. The number of hydrogen-bond acceptors (Lipinski definition) is 2. The van der Waals surface area contributed by atoms with Crippen LogP contribution < -0.4 is 5.32 Å². The smallest absolute Gasteiger partial charge is 0.326 e. The van der Waals surface area contributed by atoms with Gasteiger partial charge in [-0.2, -0.15) is 0 Å². The summed E-state index contributed by atoms with van der Waals surface area (Å²) in [4.78, 5) is 24.9. The number of carboxylic acid groups (broad SMARTS) is 1. The van der Waals surface area contributed by atoms with E-state index in [1.165, 1.54) is 24.2 Å². The third-order valence-electron chi connectivity index (χ3n) is 4.07. The minimum absolute atomic E-state index is 0.0260. The highest BCUT2D eigenvalue weighted by Crippen LogP contribution is 2.24. The molecule has 1 rings (SSSR count). The van der Waals surface area contributed by atoms with Gasteiger partial charge < -0.3 is 15.3 Å². The molecular weight excluding hydrogens is 256 g/mol. The van der Waals surface area contributed by atoms with Gasteiger partial charge in [0.15, 0.2) is 0 Å². The van der Waals surface area contributed by atoms with Gasteiger partial charge in [0.2, 0.25) is 0 Å². The van der Waals surface area contributed by atoms with Crippen LogP contribution in [0.3, 0.4) is 0 Å². The first-order valence-corrected chi connectivity index (χ1v) is 7.77. The van der Waals surface area contributed by atoms with E-state index in [4.69, 9.17) is 0 Å². The molecule has 1 fully saturated rings. The Morgan fingerprint density at radius 2 is 2.05 bits per heavy atom. The minimum Gasteiger partial charge on any atom is -0.480 e. The Labute approximate surface area is 121 Å². The molecule has 0 bridgehead atoms. The van der Waals surface area contributed by atoms with Crippen LogP contribution in [0, 0.1) is 5.92 Å². The molecule has 5 heteroatoms. The molecule has 3 unspecified atom stereocenters. The normalized spacial score (nSPS) is 23.6. The molecule has 2 amide bonds. The number of hydrogen-bond donors (Lipinski definition) is 2. The maximum Gasteiger partial charge on any atom is 0.326 e. The molecule has 1 aliphatic heterocycles. The lowest BCUT2D eigenvalue weighted by Gasteiger charge is -2.25. The largest absolute Gasteiger partial charge is 0.480 e. The van der Waals surface area contributed by atoms with Gasteiger partial charge in [-0.25, -0.2) is 9.59 Å². The van der Waals surface area contributed by atoms with E-state index in [9.17, 15) is 14.7 Å². The van der Waals surface area contributed by atoms with E-state index >= 15 is 0 Å². The van der Waals surface area contributed by atoms with E-state index in [0.29, 0.717) is 6.54 Å². The van der Waals surface area contributed by atoms with E-state index in [-0.39, 0.29) is 18.0 Å². The van der Waals surface area contributed by atoms with Crippen LogP contribution in [0.15, 0.2) is 0 Å². The van der Waals surface area contributed by atoms with Crippen molar-refractivity contribution in [3.05, 3.63) is 0 Å². The average molecular weight is 284 g/mol. The molecule has 1 saturated heterocycles. The molecule has 0 aliphatic carbocycles. The number of likely N-dealkylation sites (tertiary alicyclic amines) is 1. The number of carbonyl (C=O) groups excluding carboxylic acids is 1. The number of rotatable bonds is 7. The van der Waals surface area contributed by atoms with Crippen LogP contribution >= 0.6 is 0 Å². The van der Waals surface area contributed by atoms with Crippen molar-refractivity contribution in [3.8, 4) is 0 Å². The summed E-state index contributed by atoms with van der Waals surface area (Å²) >= 11 is 0. The Morgan fingerprint density at radius 3 is 2.65 bits per heavy atom. The van der Waals surface area contributed by atoms with E-state index in [0.717, 1.165) is 19.3 Å². The zero-order valence-corrected chi connectivity index (χ0v) is 12.9. The molecule has 0 spiro atoms. The highest BCUT2D eigenvalue weighted by molar-refractivity contribution is 5.83. The van der Waals surface area contributed by atoms with Crippen LogP contribution in [0.4, 0.5) is 4.79 Å². The second kappa shape index (κ2) is 8.12. The lowest BCUT2D eigenvalue weighted by molar-refractivity contribution is -0.142. The number of unbranched alkanes of at least 4 members (excludes halogenated alkanes) is 3. The average Bonchev–Trinajstić information content (AvgIpc) is 2.76. The minimum atomic E-state index is -0.902. The summed E-state index contributed by atoms with van der Waals surface area (Å²) < 4.78 is 0. The Balaban J connectivity index is 2.39. The highest BCUT2D eigenvalue weighted by Gasteiger charge is 2.39. The molecule has 20 heavy (non-hydrogen) atoms. The summed E-state index contributed by atoms with van der Waals surface area (Å²) in [6, 6.07) is -0.809. The summed E-state index contributed by atoms with van der Waals surface area (Å²) in [6.45, 7) is 6.58. The van der Waals surface area contributed by atoms with Crippen LogP contribution in [0.5, 0.6) is 0 Å². The first kappa shape index (κ1) is 16.8. The number of nitrogens with zero attached hydrogens (tertiary/aromatic N) is 1. The van der Waals surface area contributed by atoms with Crippen LogP contribution in [0.1, 0.15) is 59.3 Å². The second-order valence-corrected chi connectivity index (χ2v) is 5.94. The number of carboxylic acids is 1. The van der Waals surface area contributed by atoms with Gasteiger partial charge >= 0.3 is 12.0 Å². The van der Waals surface area contributed by atoms with Gasteiger partial charge in [0.1, 0.15) is 6.04 Å². The van der Waals surface area contributed by atoms with Crippen LogP contribution in [0.25, 0.3) is 0 Å². The number of nitrogens with one attached hydrogen (secondary N) is 1. The number of amides is 2. The van der Waals surface area contributed by atoms with Gasteiger partial charge in [-0.05, 0) is 25.7 Å². The number of aliphatic carboxylic acids is 1. The fourth-order valence-corrected chi connectivity index (χ4v) is 2.79. The molecule has 0 aromatic rings. The van der Waals surface area contributed by atoms with Crippen molar-refractivity contribution in [3.63, 3.8) is 0 Å². The standard InChI is InChI=1S/C15H28N2O3/c1-4-5-6-7-8-12(3)16-15(20)17-10-9-11(2)13(17)14(18)19/h11-13H,4-10H2,1-3H3,(H,16,20)(H,18,19). The zero-order valence-electron chi connectivity index (χ0n) is 12.9. The van der Waals surface area contributed by atoms with Crippen molar-refractivity contribution in [2.75, 3.05) is 6.54 Å². The van der Waals surface area contributed by atoms with Gasteiger partial charge in [-0.15, -0.1) is 0 Å². The van der Waals surface area contributed by atoms with Crippen LogP contribution in [-0.4, -0.2) is 40.6 Å². The Hall–Kier alpha value is -1.26. The third kappa shape index (κ3) is 4.69. The molecule has 0 aromatic carbocycles. The van der Waals surface area contributed by atoms with Crippen molar-refractivity contribution < 1.29 is 14.7 Å². The monoisotopic (exact) mass is 284 g/mol. The summed E-state index contributed by atoms with van der Waals surface area (Å²) in [5.41, 5.74) is 0. The van der Waals surface area contributed by atoms with Crippen molar-refractivity contribution in [1.82, 2.24) is 10.2 Å². The first-order chi connectivity index (χ1) is 9.47. The number of urea groups is 1. The van der Waals surface area contributed by atoms with Gasteiger partial charge in [-0.3, -0.25) is 0 Å². The molecule has 0 radical (unpaired) electrons. The Bertz CT molecular complexity index is 333. The van der Waals surface area contributed by atoms with Crippen molar-refractivity contribution >= 4 is 12.0 Å². The predicted octanol–water partition coefficient (Wildman–Crippen LogP) is 2.85. The zero-order chi connectivity index (χ0) is 15.1. The molecule has 1 heterocycles. The molecule has 0 aromatic heterocycles. The van der Waals surface area contributed by atoms with Crippen molar-refractivity contribution in [2.24, 2.45) is 5.92 Å². The fourth-order valence-electron chi connectivity index (χ4n) is 2.79. The second-order valence-electron chi connectivity index (χ2n) is 5.94. The van der Waals surface area contributed by atoms with Gasteiger partial charge in [0.25, 0.3) is 0 Å². The summed E-state index contributed by atoms with van der Waals surface area (Å²) in [5.74, 6) is -0.876. The maximum absolute atomic E-state index is 12.2. The van der Waals surface area contributed by atoms with Crippen LogP contribution in [0.2, 0.25) is 0 Å². The Morgan fingerprint density at radius 1 is 1.35 bits per heavy atom. The maximum atomic E-state index is 12.2. The molecule has 2 N–H and O–H groups in total. The molecule has 0 saturated carbocycles. The van der Waals surface area contributed by atoms with Crippen molar-refractivity contribution in [2.45, 2.75) is 71.4 Å². The molecule has 3 atom stereocenters. The molecule has 116 valence electrons. The predicted molar refractivity (Wildman–Crippen MR) is 78.7 cm³/mol. The van der Waals surface area contributed by atoms with E-state index < -0.39 is 12.0 Å². The summed E-state index contributed by atoms with van der Waals surface area (Å²) in [7, 11) is 0. The highest BCUT2D eigenvalue weighted by atomic mass is 16.4. The fraction of sp³-hybridized carbons (Fsp3) is 0.867. The van der Waals surface area contributed by atoms with E-state index in [1.807, 2.05) is 13.8 Å². The van der Waals surface area contributed by atoms with Crippen molar-refractivity contribution in [1.29, 1.82) is 0 Å². The SMILES string of the molecule is CCCCCCC(C)NC(=O)N1CCC(C)C1C(=O)O. The molecule has 1 aliphatic rings. The summed E-state index contributed by atoms with van der Waals surface area (Å²) in [6.07, 6.45) is 6.43. The van der Waals surface area contributed by atoms with Crippen LogP contribution in [-0.2, 0) is 4.79 Å². The first-order valence-electron chi connectivity index (χ1n) is 7.77.